The van der Waals surface area contributed by atoms with Gasteiger partial charge in [0.25, 0.3) is 10.0 Å². The molecule has 0 atom stereocenters. The first kappa shape index (κ1) is 20.6. The molecule has 0 amide bonds. The summed E-state index contributed by atoms with van der Waals surface area (Å²) in [5.74, 6) is 0.627. The van der Waals surface area contributed by atoms with E-state index in [1.54, 1.807) is 18.2 Å². The summed E-state index contributed by atoms with van der Waals surface area (Å²) >= 11 is 0. The standard InChI is InChI=1S/C23H24N2O3S/c1-17-8-11-20(12-9-17)16-28-23-7-5-4-6-21(23)15-24-25-29(26,27)22-13-10-18(2)19(3)14-22/h4-15,25H,16H2,1-3H3/b24-15+. The van der Waals surface area contributed by atoms with E-state index in [2.05, 4.69) is 9.93 Å². The summed E-state index contributed by atoms with van der Waals surface area (Å²) in [5, 5.41) is 3.93. The lowest BCUT2D eigenvalue weighted by Gasteiger charge is -2.09. The van der Waals surface area contributed by atoms with Crippen LogP contribution in [0.15, 0.2) is 76.7 Å². The number of hydrogen-bond acceptors (Lipinski definition) is 4. The van der Waals surface area contributed by atoms with Crippen LogP contribution in [0.2, 0.25) is 0 Å². The fraction of sp³-hybridized carbons (Fsp3) is 0.174. The first-order chi connectivity index (χ1) is 13.8. The molecule has 5 nitrogen and oxygen atoms in total. The SMILES string of the molecule is Cc1ccc(COc2ccccc2/C=N/NS(=O)(=O)c2ccc(C)c(C)c2)cc1. The Bertz CT molecular complexity index is 1120. The zero-order valence-corrected chi connectivity index (χ0v) is 17.5. The number of rotatable bonds is 7. The predicted octanol–water partition coefficient (Wildman–Crippen LogP) is 4.50. The van der Waals surface area contributed by atoms with E-state index in [-0.39, 0.29) is 4.90 Å². The van der Waals surface area contributed by atoms with Crippen molar-refractivity contribution in [1.29, 1.82) is 0 Å². The maximum absolute atomic E-state index is 12.5. The molecular formula is C23H24N2O3S. The van der Waals surface area contributed by atoms with Gasteiger partial charge in [0.1, 0.15) is 12.4 Å². The van der Waals surface area contributed by atoms with Gasteiger partial charge in [0.2, 0.25) is 0 Å². The molecule has 3 aromatic rings. The summed E-state index contributed by atoms with van der Waals surface area (Å²) in [5.41, 5.74) is 4.87. The van der Waals surface area contributed by atoms with Crippen LogP contribution >= 0.6 is 0 Å². The molecule has 3 aromatic carbocycles. The molecule has 0 unspecified atom stereocenters. The number of nitrogens with zero attached hydrogens (tertiary/aromatic N) is 1. The van der Waals surface area contributed by atoms with E-state index < -0.39 is 10.0 Å². The zero-order valence-electron chi connectivity index (χ0n) is 16.7. The molecule has 0 bridgehead atoms. The van der Waals surface area contributed by atoms with Crippen LogP contribution < -0.4 is 9.57 Å². The normalized spacial score (nSPS) is 11.6. The number of ether oxygens (including phenoxy) is 1. The molecule has 0 aliphatic rings. The highest BCUT2D eigenvalue weighted by Gasteiger charge is 2.13. The van der Waals surface area contributed by atoms with Gasteiger partial charge in [0.15, 0.2) is 0 Å². The molecule has 0 saturated carbocycles. The smallest absolute Gasteiger partial charge is 0.276 e. The summed E-state index contributed by atoms with van der Waals surface area (Å²) < 4.78 is 30.8. The number of hydrogen-bond donors (Lipinski definition) is 1. The van der Waals surface area contributed by atoms with Crippen molar-refractivity contribution in [3.63, 3.8) is 0 Å². The summed E-state index contributed by atoms with van der Waals surface area (Å²) in [6.07, 6.45) is 1.45. The Morgan fingerprint density at radius 3 is 2.38 bits per heavy atom. The average molecular weight is 409 g/mol. The van der Waals surface area contributed by atoms with Crippen molar-refractivity contribution in [2.75, 3.05) is 0 Å². The van der Waals surface area contributed by atoms with Gasteiger partial charge in [0, 0.05) is 5.56 Å². The second-order valence-corrected chi connectivity index (χ2v) is 8.57. The van der Waals surface area contributed by atoms with Gasteiger partial charge in [-0.1, -0.05) is 48.0 Å². The average Bonchev–Trinajstić information content (AvgIpc) is 2.70. The third-order valence-electron chi connectivity index (χ3n) is 4.60. The Hall–Kier alpha value is -3.12. The second kappa shape index (κ2) is 8.92. The van der Waals surface area contributed by atoms with Gasteiger partial charge >= 0.3 is 0 Å². The number of aryl methyl sites for hydroxylation is 3. The van der Waals surface area contributed by atoms with Crippen LogP contribution in [0.25, 0.3) is 0 Å². The molecule has 0 fully saturated rings. The maximum Gasteiger partial charge on any atom is 0.276 e. The summed E-state index contributed by atoms with van der Waals surface area (Å²) in [6, 6.07) is 20.4. The highest BCUT2D eigenvalue weighted by molar-refractivity contribution is 7.89. The van der Waals surface area contributed by atoms with Crippen molar-refractivity contribution in [3.8, 4) is 5.75 Å². The fourth-order valence-electron chi connectivity index (χ4n) is 2.66. The van der Waals surface area contributed by atoms with Gasteiger partial charge in [-0.05, 0) is 61.7 Å². The van der Waals surface area contributed by atoms with E-state index in [0.29, 0.717) is 17.9 Å². The monoisotopic (exact) mass is 408 g/mol. The molecule has 1 N–H and O–H groups in total. The van der Waals surface area contributed by atoms with Crippen LogP contribution in [0.4, 0.5) is 0 Å². The van der Waals surface area contributed by atoms with Crippen molar-refractivity contribution in [2.24, 2.45) is 5.10 Å². The highest BCUT2D eigenvalue weighted by Crippen LogP contribution is 2.18. The van der Waals surface area contributed by atoms with Crippen LogP contribution in [0.5, 0.6) is 5.75 Å². The number of nitrogens with one attached hydrogen (secondary N) is 1. The number of sulfonamides is 1. The first-order valence-corrected chi connectivity index (χ1v) is 10.7. The summed E-state index contributed by atoms with van der Waals surface area (Å²) in [4.78, 5) is 2.45. The Kier molecular flexibility index (Phi) is 6.34. The molecule has 0 aliphatic carbocycles. The van der Waals surface area contributed by atoms with Gasteiger partial charge in [-0.2, -0.15) is 13.5 Å². The van der Waals surface area contributed by atoms with Gasteiger partial charge in [0.05, 0.1) is 11.1 Å². The minimum Gasteiger partial charge on any atom is -0.488 e. The van der Waals surface area contributed by atoms with Crippen molar-refractivity contribution >= 4 is 16.2 Å². The number of hydrazone groups is 1. The van der Waals surface area contributed by atoms with Crippen LogP contribution in [0.3, 0.4) is 0 Å². The topological polar surface area (TPSA) is 67.8 Å². The lowest BCUT2D eigenvalue weighted by Crippen LogP contribution is -2.18. The molecule has 0 aliphatic heterocycles. The number of para-hydroxylation sites is 1. The van der Waals surface area contributed by atoms with Crippen molar-refractivity contribution in [1.82, 2.24) is 4.83 Å². The molecule has 0 heterocycles. The molecular weight excluding hydrogens is 384 g/mol. The van der Waals surface area contributed by atoms with Crippen LogP contribution in [0.1, 0.15) is 27.8 Å². The molecule has 150 valence electrons. The van der Waals surface area contributed by atoms with Gasteiger partial charge in [-0.3, -0.25) is 0 Å². The Balaban J connectivity index is 1.70. The van der Waals surface area contributed by atoms with Gasteiger partial charge in [-0.15, -0.1) is 0 Å². The Labute approximate surface area is 172 Å². The van der Waals surface area contributed by atoms with E-state index in [1.165, 1.54) is 11.8 Å². The quantitative estimate of drug-likeness (QED) is 0.462. The van der Waals surface area contributed by atoms with Crippen LogP contribution in [0, 0.1) is 20.8 Å². The lowest BCUT2D eigenvalue weighted by molar-refractivity contribution is 0.306. The second-order valence-electron chi connectivity index (χ2n) is 6.91. The van der Waals surface area contributed by atoms with E-state index in [0.717, 1.165) is 16.7 Å². The largest absolute Gasteiger partial charge is 0.488 e. The van der Waals surface area contributed by atoms with E-state index >= 15 is 0 Å². The molecule has 0 aromatic heterocycles. The first-order valence-electron chi connectivity index (χ1n) is 9.25. The third kappa shape index (κ3) is 5.45. The molecule has 0 saturated heterocycles. The molecule has 0 radical (unpaired) electrons. The van der Waals surface area contributed by atoms with Crippen LogP contribution in [-0.2, 0) is 16.6 Å². The molecule has 0 spiro atoms. The Morgan fingerprint density at radius 2 is 1.66 bits per heavy atom. The lowest BCUT2D eigenvalue weighted by atomic mass is 10.1. The molecule has 6 heteroatoms. The van der Waals surface area contributed by atoms with Crippen molar-refractivity contribution < 1.29 is 13.2 Å². The third-order valence-corrected chi connectivity index (χ3v) is 5.82. The van der Waals surface area contributed by atoms with Gasteiger partial charge in [-0.25, -0.2) is 4.83 Å². The molecule has 29 heavy (non-hydrogen) atoms. The minimum atomic E-state index is -3.73. The van der Waals surface area contributed by atoms with E-state index in [4.69, 9.17) is 4.74 Å². The fourth-order valence-corrected chi connectivity index (χ4v) is 3.54. The molecule has 3 rings (SSSR count). The van der Waals surface area contributed by atoms with Crippen LogP contribution in [-0.4, -0.2) is 14.6 Å². The van der Waals surface area contributed by atoms with Crippen molar-refractivity contribution in [3.05, 3.63) is 94.5 Å². The number of benzene rings is 3. The Morgan fingerprint density at radius 1 is 0.931 bits per heavy atom. The van der Waals surface area contributed by atoms with E-state index in [9.17, 15) is 8.42 Å². The minimum absolute atomic E-state index is 0.182. The summed E-state index contributed by atoms with van der Waals surface area (Å²) in [6.45, 7) is 6.26. The van der Waals surface area contributed by atoms with Crippen molar-refractivity contribution in [2.45, 2.75) is 32.3 Å². The van der Waals surface area contributed by atoms with E-state index in [1.807, 2.05) is 69.3 Å². The maximum atomic E-state index is 12.5. The zero-order chi connectivity index (χ0) is 20.9. The highest BCUT2D eigenvalue weighted by atomic mass is 32.2. The summed E-state index contributed by atoms with van der Waals surface area (Å²) in [7, 11) is -3.73. The van der Waals surface area contributed by atoms with Gasteiger partial charge < -0.3 is 4.74 Å². The predicted molar refractivity (Wildman–Crippen MR) is 116 cm³/mol.